The molecule has 6 heteroatoms. The topological polar surface area (TPSA) is 50.9 Å². The van der Waals surface area contributed by atoms with Gasteiger partial charge in [-0.3, -0.25) is 16.3 Å². The molecule has 0 spiro atoms. The molecular weight excluding hydrogens is 377 g/mol. The van der Waals surface area contributed by atoms with Crippen molar-refractivity contribution < 1.29 is 4.39 Å². The second kappa shape index (κ2) is 6.56. The van der Waals surface area contributed by atoms with Gasteiger partial charge in [0.15, 0.2) is 0 Å². The van der Waals surface area contributed by atoms with Crippen molar-refractivity contribution in [1.82, 2.24) is 10.4 Å². The molecule has 0 aliphatic carbocycles. The van der Waals surface area contributed by atoms with Gasteiger partial charge in [-0.2, -0.15) is 0 Å². The number of nitrogens with two attached hydrogens (primary N) is 1. The van der Waals surface area contributed by atoms with Gasteiger partial charge in [0.1, 0.15) is 5.82 Å². The van der Waals surface area contributed by atoms with Gasteiger partial charge in [0.25, 0.3) is 0 Å². The van der Waals surface area contributed by atoms with Gasteiger partial charge in [-0.15, -0.1) is 0 Å². The Kier molecular flexibility index (Phi) is 5.04. The van der Waals surface area contributed by atoms with Gasteiger partial charge in [-0.1, -0.05) is 22.0 Å². The Morgan fingerprint density at radius 3 is 2.63 bits per heavy atom. The van der Waals surface area contributed by atoms with Crippen LogP contribution >= 0.6 is 31.9 Å². The third kappa shape index (κ3) is 3.82. The highest BCUT2D eigenvalue weighted by molar-refractivity contribution is 9.10. The lowest BCUT2D eigenvalue weighted by Crippen LogP contribution is -2.30. The first-order valence-electron chi connectivity index (χ1n) is 5.61. The van der Waals surface area contributed by atoms with E-state index in [2.05, 4.69) is 42.3 Å². The Morgan fingerprint density at radius 1 is 1.26 bits per heavy atom. The molecule has 19 heavy (non-hydrogen) atoms. The zero-order valence-electron chi connectivity index (χ0n) is 9.91. The van der Waals surface area contributed by atoms with Crippen LogP contribution in [0.25, 0.3) is 0 Å². The fourth-order valence-electron chi connectivity index (χ4n) is 1.78. The molecule has 1 heterocycles. The average molecular weight is 389 g/mol. The lowest BCUT2D eigenvalue weighted by molar-refractivity contribution is 0.541. The molecule has 100 valence electrons. The molecule has 1 aromatic carbocycles. The van der Waals surface area contributed by atoms with E-state index in [0.29, 0.717) is 10.9 Å². The maximum Gasteiger partial charge on any atom is 0.124 e. The number of nitrogens with one attached hydrogen (secondary N) is 1. The van der Waals surface area contributed by atoms with Crippen LogP contribution in [-0.4, -0.2) is 4.98 Å². The summed E-state index contributed by atoms with van der Waals surface area (Å²) >= 11 is 6.69. The van der Waals surface area contributed by atoms with Crippen molar-refractivity contribution in [3.05, 3.63) is 62.5 Å². The van der Waals surface area contributed by atoms with E-state index in [-0.39, 0.29) is 11.9 Å². The number of hydrogen-bond acceptors (Lipinski definition) is 3. The number of pyridine rings is 1. The predicted molar refractivity (Wildman–Crippen MR) is 79.8 cm³/mol. The van der Waals surface area contributed by atoms with Crippen LogP contribution in [0.5, 0.6) is 0 Å². The number of hydrogen-bond donors (Lipinski definition) is 2. The van der Waals surface area contributed by atoms with E-state index >= 15 is 0 Å². The largest absolute Gasteiger partial charge is 0.271 e. The van der Waals surface area contributed by atoms with Gasteiger partial charge >= 0.3 is 0 Å². The number of benzene rings is 1. The van der Waals surface area contributed by atoms with Crippen LogP contribution < -0.4 is 11.3 Å². The Bertz CT molecular complexity index is 560. The van der Waals surface area contributed by atoms with Gasteiger partial charge in [0.05, 0.1) is 6.04 Å². The zero-order chi connectivity index (χ0) is 13.8. The summed E-state index contributed by atoms with van der Waals surface area (Å²) in [6.45, 7) is 0. The van der Waals surface area contributed by atoms with Crippen molar-refractivity contribution in [1.29, 1.82) is 0 Å². The number of aromatic nitrogens is 1. The molecule has 0 bridgehead atoms. The van der Waals surface area contributed by atoms with Crippen LogP contribution in [0, 0.1) is 5.82 Å². The number of rotatable bonds is 4. The molecule has 2 aromatic rings. The number of nitrogens with zero attached hydrogens (tertiary/aromatic N) is 1. The third-order valence-corrected chi connectivity index (χ3v) is 3.90. The minimum Gasteiger partial charge on any atom is -0.271 e. The quantitative estimate of drug-likeness (QED) is 0.622. The SMILES string of the molecule is NNC(Cc1ccc(Br)cn1)c1ccc(F)cc1Br. The molecule has 0 saturated heterocycles. The fourth-order valence-corrected chi connectivity index (χ4v) is 2.64. The normalized spacial score (nSPS) is 12.4. The van der Waals surface area contributed by atoms with E-state index in [9.17, 15) is 4.39 Å². The highest BCUT2D eigenvalue weighted by Crippen LogP contribution is 2.26. The minimum atomic E-state index is -0.284. The van der Waals surface area contributed by atoms with Gasteiger partial charge < -0.3 is 0 Å². The van der Waals surface area contributed by atoms with Gasteiger partial charge in [-0.05, 0) is 45.8 Å². The Hall–Kier alpha value is -0.820. The molecule has 1 atom stereocenters. The van der Waals surface area contributed by atoms with E-state index < -0.39 is 0 Å². The molecule has 3 N–H and O–H groups in total. The highest BCUT2D eigenvalue weighted by atomic mass is 79.9. The van der Waals surface area contributed by atoms with Crippen molar-refractivity contribution in [3.63, 3.8) is 0 Å². The highest BCUT2D eigenvalue weighted by Gasteiger charge is 2.15. The number of hydrazine groups is 1. The van der Waals surface area contributed by atoms with Gasteiger partial charge in [0, 0.05) is 27.3 Å². The molecule has 1 unspecified atom stereocenters. The van der Waals surface area contributed by atoms with Crippen LogP contribution in [0.15, 0.2) is 45.5 Å². The summed E-state index contributed by atoms with van der Waals surface area (Å²) in [5, 5.41) is 0. The first-order chi connectivity index (χ1) is 9.10. The van der Waals surface area contributed by atoms with Crippen molar-refractivity contribution >= 4 is 31.9 Å². The summed E-state index contributed by atoms with van der Waals surface area (Å²) in [7, 11) is 0. The second-order valence-electron chi connectivity index (χ2n) is 4.06. The molecule has 1 aromatic heterocycles. The van der Waals surface area contributed by atoms with Crippen molar-refractivity contribution in [2.45, 2.75) is 12.5 Å². The molecule has 0 saturated carbocycles. The lowest BCUT2D eigenvalue weighted by Gasteiger charge is -2.17. The Morgan fingerprint density at radius 2 is 2.05 bits per heavy atom. The van der Waals surface area contributed by atoms with E-state index in [1.54, 1.807) is 12.3 Å². The molecule has 2 rings (SSSR count). The second-order valence-corrected chi connectivity index (χ2v) is 5.83. The van der Waals surface area contributed by atoms with E-state index in [0.717, 1.165) is 15.7 Å². The lowest BCUT2D eigenvalue weighted by atomic mass is 10.0. The zero-order valence-corrected chi connectivity index (χ0v) is 13.1. The molecule has 0 aliphatic rings. The maximum absolute atomic E-state index is 13.1. The maximum atomic E-state index is 13.1. The van der Waals surface area contributed by atoms with Crippen LogP contribution in [0.1, 0.15) is 17.3 Å². The van der Waals surface area contributed by atoms with Crippen molar-refractivity contribution in [2.24, 2.45) is 5.84 Å². The standard InChI is InChI=1S/C13H12Br2FN3/c14-8-1-3-10(18-7-8)6-13(19-17)11-4-2-9(16)5-12(11)15/h1-5,7,13,19H,6,17H2. The van der Waals surface area contributed by atoms with Crippen molar-refractivity contribution in [3.8, 4) is 0 Å². The molecule has 0 aliphatic heterocycles. The Balaban J connectivity index is 2.22. The Labute approximate surface area is 127 Å². The third-order valence-electron chi connectivity index (χ3n) is 2.74. The monoisotopic (exact) mass is 387 g/mol. The summed E-state index contributed by atoms with van der Waals surface area (Å²) in [6, 6.07) is 8.27. The van der Waals surface area contributed by atoms with Gasteiger partial charge in [0.2, 0.25) is 0 Å². The smallest absolute Gasteiger partial charge is 0.124 e. The van der Waals surface area contributed by atoms with E-state index in [4.69, 9.17) is 5.84 Å². The molecular formula is C13H12Br2FN3. The average Bonchev–Trinajstić information content (AvgIpc) is 2.39. The first-order valence-corrected chi connectivity index (χ1v) is 7.20. The van der Waals surface area contributed by atoms with Crippen LogP contribution in [0.3, 0.4) is 0 Å². The molecule has 0 fully saturated rings. The number of halogens is 3. The summed E-state index contributed by atoms with van der Waals surface area (Å²) < 4.78 is 14.7. The van der Waals surface area contributed by atoms with Crippen LogP contribution in [0.2, 0.25) is 0 Å². The van der Waals surface area contributed by atoms with Crippen LogP contribution in [-0.2, 0) is 6.42 Å². The summed E-state index contributed by atoms with van der Waals surface area (Å²) in [4.78, 5) is 4.31. The first kappa shape index (κ1) is 14.6. The van der Waals surface area contributed by atoms with E-state index in [1.807, 2.05) is 12.1 Å². The molecule has 0 amide bonds. The fraction of sp³-hybridized carbons (Fsp3) is 0.154. The molecule has 3 nitrogen and oxygen atoms in total. The minimum absolute atomic E-state index is 0.136. The molecule has 0 radical (unpaired) electrons. The van der Waals surface area contributed by atoms with Crippen LogP contribution in [0.4, 0.5) is 4.39 Å². The van der Waals surface area contributed by atoms with Crippen molar-refractivity contribution in [2.75, 3.05) is 0 Å². The summed E-state index contributed by atoms with van der Waals surface area (Å²) in [5.41, 5.74) is 4.54. The summed E-state index contributed by atoms with van der Waals surface area (Å²) in [6.07, 6.45) is 2.36. The summed E-state index contributed by atoms with van der Waals surface area (Å²) in [5.74, 6) is 5.30. The van der Waals surface area contributed by atoms with E-state index in [1.165, 1.54) is 12.1 Å². The van der Waals surface area contributed by atoms with Gasteiger partial charge in [-0.25, -0.2) is 4.39 Å². The predicted octanol–water partition coefficient (Wildman–Crippen LogP) is 3.49.